The quantitative estimate of drug-likeness (QED) is 0.728. The smallest absolute Gasteiger partial charge is 0.150 e. The molecular weight excluding hydrogens is 268 g/mol. The molecule has 0 spiro atoms. The van der Waals surface area contributed by atoms with Gasteiger partial charge in [0.05, 0.1) is 24.5 Å². The van der Waals surface area contributed by atoms with Gasteiger partial charge in [0.1, 0.15) is 6.61 Å². The molecule has 2 rings (SSSR count). The molecule has 0 aliphatic carbocycles. The molecule has 0 unspecified atom stereocenters. The third-order valence-electron chi connectivity index (χ3n) is 2.52. The topological polar surface area (TPSA) is 27.7 Å². The molecule has 18 heavy (non-hydrogen) atoms. The van der Waals surface area contributed by atoms with Gasteiger partial charge in [-0.25, -0.2) is 0 Å². The van der Waals surface area contributed by atoms with E-state index < -0.39 is 0 Å². The summed E-state index contributed by atoms with van der Waals surface area (Å²) in [5.74, 6) is 1.03. The van der Waals surface area contributed by atoms with Crippen LogP contribution in [0.3, 0.4) is 0 Å². The van der Waals surface area contributed by atoms with Crippen LogP contribution in [0.2, 0.25) is 0 Å². The second kappa shape index (κ2) is 6.52. The molecule has 0 atom stereocenters. The molecule has 0 aromatic carbocycles. The molecule has 3 nitrogen and oxygen atoms in total. The fraction of sp³-hybridized carbons (Fsp3) is 0.538. The molecule has 0 fully saturated rings. The number of aryl methyl sites for hydroxylation is 2. The van der Waals surface area contributed by atoms with Crippen LogP contribution in [-0.2, 0) is 9.47 Å². The molecule has 0 saturated carbocycles. The van der Waals surface area contributed by atoms with Crippen LogP contribution in [0, 0.1) is 13.8 Å². The molecular formula is C13H18O3S2. The average Bonchev–Trinajstić information content (AvgIpc) is 2.80. The number of ether oxygens (including phenoxy) is 3. The van der Waals surface area contributed by atoms with Crippen LogP contribution < -0.4 is 4.74 Å². The average molecular weight is 286 g/mol. The van der Waals surface area contributed by atoms with E-state index in [4.69, 9.17) is 14.2 Å². The largest absolute Gasteiger partial charge is 0.489 e. The Morgan fingerprint density at radius 1 is 1.06 bits per heavy atom. The van der Waals surface area contributed by atoms with Crippen LogP contribution in [0.5, 0.6) is 5.75 Å². The molecule has 2 heterocycles. The maximum absolute atomic E-state index is 5.84. The van der Waals surface area contributed by atoms with Crippen LogP contribution in [0.4, 0.5) is 0 Å². The Bertz CT molecular complexity index is 502. The first kappa shape index (κ1) is 13.8. The highest BCUT2D eigenvalue weighted by molar-refractivity contribution is 7.28. The normalized spacial score (nSPS) is 11.3. The van der Waals surface area contributed by atoms with Crippen molar-refractivity contribution in [3.8, 4) is 5.75 Å². The van der Waals surface area contributed by atoms with Gasteiger partial charge in [0.2, 0.25) is 0 Å². The van der Waals surface area contributed by atoms with E-state index >= 15 is 0 Å². The Hall–Kier alpha value is -0.620. The molecule has 100 valence electrons. The Balaban J connectivity index is 1.88. The van der Waals surface area contributed by atoms with Crippen molar-refractivity contribution in [2.75, 3.05) is 33.5 Å². The van der Waals surface area contributed by atoms with Crippen LogP contribution in [0.1, 0.15) is 9.75 Å². The fourth-order valence-electron chi connectivity index (χ4n) is 1.71. The number of rotatable bonds is 7. The highest BCUT2D eigenvalue weighted by Crippen LogP contribution is 2.42. The van der Waals surface area contributed by atoms with Gasteiger partial charge in [-0.2, -0.15) is 0 Å². The molecule has 0 bridgehead atoms. The summed E-state index contributed by atoms with van der Waals surface area (Å²) in [5, 5.41) is 0. The Morgan fingerprint density at radius 2 is 1.83 bits per heavy atom. The monoisotopic (exact) mass is 286 g/mol. The molecule has 0 aliphatic rings. The van der Waals surface area contributed by atoms with E-state index in [0.29, 0.717) is 26.4 Å². The summed E-state index contributed by atoms with van der Waals surface area (Å²) >= 11 is 3.59. The number of thiophene rings is 2. The van der Waals surface area contributed by atoms with Gasteiger partial charge in [-0.15, -0.1) is 22.7 Å². The zero-order chi connectivity index (χ0) is 13.0. The number of hydrogen-bond donors (Lipinski definition) is 0. The second-order valence-corrected chi connectivity index (χ2v) is 6.50. The summed E-state index contributed by atoms with van der Waals surface area (Å²) in [6.45, 7) is 6.68. The Kier molecular flexibility index (Phi) is 5.00. The molecule has 0 amide bonds. The predicted molar refractivity (Wildman–Crippen MR) is 77.4 cm³/mol. The Morgan fingerprint density at radius 3 is 2.61 bits per heavy atom. The minimum atomic E-state index is 0.591. The van der Waals surface area contributed by atoms with E-state index in [0.717, 1.165) is 5.75 Å². The third kappa shape index (κ3) is 3.23. The van der Waals surface area contributed by atoms with Gasteiger partial charge in [0.25, 0.3) is 0 Å². The van der Waals surface area contributed by atoms with E-state index in [1.54, 1.807) is 29.8 Å². The SMILES string of the molecule is COCCOCCOc1c(C)sc2cc(C)sc12. The van der Waals surface area contributed by atoms with E-state index in [1.807, 2.05) is 0 Å². The summed E-state index contributed by atoms with van der Waals surface area (Å²) in [6.07, 6.45) is 0. The van der Waals surface area contributed by atoms with Crippen LogP contribution in [-0.4, -0.2) is 33.5 Å². The van der Waals surface area contributed by atoms with Gasteiger partial charge < -0.3 is 14.2 Å². The van der Waals surface area contributed by atoms with Crippen LogP contribution >= 0.6 is 22.7 Å². The summed E-state index contributed by atoms with van der Waals surface area (Å²) in [5.41, 5.74) is 0. The van der Waals surface area contributed by atoms with Crippen molar-refractivity contribution in [3.63, 3.8) is 0 Å². The number of fused-ring (bicyclic) bond motifs is 1. The van der Waals surface area contributed by atoms with Crippen LogP contribution in [0.25, 0.3) is 9.40 Å². The third-order valence-corrected chi connectivity index (χ3v) is 4.73. The van der Waals surface area contributed by atoms with Crippen LogP contribution in [0.15, 0.2) is 6.07 Å². The molecule has 5 heteroatoms. The Labute approximate surface area is 115 Å². The van der Waals surface area contributed by atoms with Crippen molar-refractivity contribution >= 4 is 32.1 Å². The predicted octanol–water partition coefficient (Wildman–Crippen LogP) is 3.62. The highest BCUT2D eigenvalue weighted by atomic mass is 32.1. The minimum absolute atomic E-state index is 0.591. The lowest BCUT2D eigenvalue weighted by Gasteiger charge is -2.06. The molecule has 0 saturated heterocycles. The second-order valence-electron chi connectivity index (χ2n) is 3.99. The molecule has 2 aromatic rings. The molecule has 0 aliphatic heterocycles. The van der Waals surface area contributed by atoms with Crippen molar-refractivity contribution in [2.45, 2.75) is 13.8 Å². The lowest BCUT2D eigenvalue weighted by atomic mass is 10.4. The highest BCUT2D eigenvalue weighted by Gasteiger charge is 2.12. The van der Waals surface area contributed by atoms with E-state index in [9.17, 15) is 0 Å². The lowest BCUT2D eigenvalue weighted by molar-refractivity contribution is 0.0546. The standard InChI is InChI=1S/C13H18O3S2/c1-9-8-11-13(17-9)12(10(2)18-11)16-7-6-15-5-4-14-3/h8H,4-7H2,1-3H3. The van der Waals surface area contributed by atoms with Gasteiger partial charge in [-0.05, 0) is 19.9 Å². The summed E-state index contributed by atoms with van der Waals surface area (Å²) in [7, 11) is 1.67. The van der Waals surface area contributed by atoms with Gasteiger partial charge >= 0.3 is 0 Å². The zero-order valence-corrected chi connectivity index (χ0v) is 12.6. The minimum Gasteiger partial charge on any atom is -0.489 e. The maximum Gasteiger partial charge on any atom is 0.150 e. The number of hydrogen-bond acceptors (Lipinski definition) is 5. The maximum atomic E-state index is 5.84. The summed E-state index contributed by atoms with van der Waals surface area (Å²) in [6, 6.07) is 2.22. The molecule has 2 aromatic heterocycles. The van der Waals surface area contributed by atoms with Crippen molar-refractivity contribution in [3.05, 3.63) is 15.8 Å². The first-order valence-corrected chi connectivity index (χ1v) is 7.54. The number of methoxy groups -OCH3 is 1. The van der Waals surface area contributed by atoms with Gasteiger partial charge in [0, 0.05) is 21.6 Å². The van der Waals surface area contributed by atoms with Crippen molar-refractivity contribution < 1.29 is 14.2 Å². The van der Waals surface area contributed by atoms with Gasteiger partial charge in [0.15, 0.2) is 5.75 Å². The van der Waals surface area contributed by atoms with E-state index in [2.05, 4.69) is 19.9 Å². The van der Waals surface area contributed by atoms with Gasteiger partial charge in [-0.3, -0.25) is 0 Å². The molecule has 0 N–H and O–H groups in total. The van der Waals surface area contributed by atoms with E-state index in [1.165, 1.54) is 19.2 Å². The van der Waals surface area contributed by atoms with Crippen molar-refractivity contribution in [1.29, 1.82) is 0 Å². The lowest BCUT2D eigenvalue weighted by Crippen LogP contribution is -2.10. The zero-order valence-electron chi connectivity index (χ0n) is 10.9. The fourth-order valence-corrected chi connectivity index (χ4v) is 4.07. The summed E-state index contributed by atoms with van der Waals surface area (Å²) < 4.78 is 18.7. The van der Waals surface area contributed by atoms with Gasteiger partial charge in [-0.1, -0.05) is 0 Å². The molecule has 0 radical (unpaired) electrons. The first-order valence-electron chi connectivity index (χ1n) is 5.91. The van der Waals surface area contributed by atoms with Crippen molar-refractivity contribution in [2.24, 2.45) is 0 Å². The van der Waals surface area contributed by atoms with E-state index in [-0.39, 0.29) is 0 Å². The van der Waals surface area contributed by atoms with Crippen molar-refractivity contribution in [1.82, 2.24) is 0 Å². The first-order chi connectivity index (χ1) is 8.72. The summed E-state index contributed by atoms with van der Waals surface area (Å²) in [4.78, 5) is 2.57.